The van der Waals surface area contributed by atoms with Gasteiger partial charge in [0.2, 0.25) is 0 Å². The number of hydrogen-bond donors (Lipinski definition) is 2. The molecule has 0 spiro atoms. The molecule has 0 aromatic heterocycles. The van der Waals surface area contributed by atoms with Crippen LogP contribution in [0.3, 0.4) is 0 Å². The minimum absolute atomic E-state index is 0.0858. The Morgan fingerprint density at radius 1 is 1.15 bits per heavy atom. The van der Waals surface area contributed by atoms with Gasteiger partial charge in [-0.1, -0.05) is 56.4 Å². The van der Waals surface area contributed by atoms with E-state index in [-0.39, 0.29) is 5.75 Å². The van der Waals surface area contributed by atoms with Crippen LogP contribution in [0.25, 0.3) is 0 Å². The first-order chi connectivity index (χ1) is 12.9. The maximum Gasteiger partial charge on any atom is 0.191 e. The van der Waals surface area contributed by atoms with E-state index in [0.717, 1.165) is 23.0 Å². The zero-order valence-corrected chi connectivity index (χ0v) is 17.8. The molecule has 1 unspecified atom stereocenters. The normalized spacial score (nSPS) is 17.5. The van der Waals surface area contributed by atoms with Crippen LogP contribution in [0.1, 0.15) is 63.0 Å². The highest BCUT2D eigenvalue weighted by Gasteiger charge is 2.15. The Morgan fingerprint density at radius 3 is 2.37 bits per heavy atom. The number of guanidine groups is 1. The van der Waals surface area contributed by atoms with Gasteiger partial charge in [0.25, 0.3) is 0 Å². The molecular formula is C21H35N3O2S. The summed E-state index contributed by atoms with van der Waals surface area (Å²) in [6.45, 7) is 2.88. The largest absolute Gasteiger partial charge is 0.354 e. The number of aliphatic imine (C=N–C) groups is 1. The summed E-state index contributed by atoms with van der Waals surface area (Å²) in [6.07, 6.45) is 10.7. The highest BCUT2D eigenvalue weighted by Crippen LogP contribution is 2.27. The van der Waals surface area contributed by atoms with Crippen LogP contribution in [-0.4, -0.2) is 33.7 Å². The van der Waals surface area contributed by atoms with Crippen molar-refractivity contribution >= 4 is 15.8 Å². The van der Waals surface area contributed by atoms with Crippen LogP contribution in [0.2, 0.25) is 0 Å². The van der Waals surface area contributed by atoms with Gasteiger partial charge in [-0.05, 0) is 36.8 Å². The number of benzene rings is 1. The molecule has 1 fully saturated rings. The second-order valence-electron chi connectivity index (χ2n) is 7.94. The second kappa shape index (κ2) is 10.7. The number of nitrogens with zero attached hydrogens (tertiary/aromatic N) is 1. The molecule has 0 radical (unpaired) electrons. The van der Waals surface area contributed by atoms with Crippen molar-refractivity contribution in [3.8, 4) is 0 Å². The highest BCUT2D eigenvalue weighted by atomic mass is 32.2. The average molecular weight is 394 g/mol. The molecule has 2 rings (SSSR count). The summed E-state index contributed by atoms with van der Waals surface area (Å²) in [6, 6.07) is 8.08. The molecule has 1 aromatic rings. The van der Waals surface area contributed by atoms with Crippen LogP contribution in [0, 0.1) is 5.92 Å². The lowest BCUT2D eigenvalue weighted by Gasteiger charge is -2.24. The predicted molar refractivity (Wildman–Crippen MR) is 114 cm³/mol. The molecule has 5 nitrogen and oxygen atoms in total. The first kappa shape index (κ1) is 21.7. The molecule has 0 bridgehead atoms. The van der Waals surface area contributed by atoms with Crippen molar-refractivity contribution in [3.05, 3.63) is 35.4 Å². The Bertz CT molecular complexity index is 693. The molecule has 6 heteroatoms. The molecule has 1 aromatic carbocycles. The van der Waals surface area contributed by atoms with Gasteiger partial charge in [-0.3, -0.25) is 4.99 Å². The molecular weight excluding hydrogens is 358 g/mol. The van der Waals surface area contributed by atoms with E-state index in [2.05, 4.69) is 22.5 Å². The van der Waals surface area contributed by atoms with Crippen molar-refractivity contribution < 1.29 is 8.42 Å². The summed E-state index contributed by atoms with van der Waals surface area (Å²) in [7, 11) is -1.20. The first-order valence-corrected chi connectivity index (χ1v) is 12.1. The monoisotopic (exact) mass is 393 g/mol. The Morgan fingerprint density at radius 2 is 1.78 bits per heavy atom. The van der Waals surface area contributed by atoms with Crippen molar-refractivity contribution in [2.75, 3.05) is 13.3 Å². The fraction of sp³-hybridized carbons (Fsp3) is 0.667. The van der Waals surface area contributed by atoms with Crippen molar-refractivity contribution in [2.45, 2.75) is 70.2 Å². The number of nitrogens with one attached hydrogen (secondary N) is 2. The molecule has 1 atom stereocenters. The van der Waals surface area contributed by atoms with Crippen molar-refractivity contribution in [2.24, 2.45) is 10.9 Å². The van der Waals surface area contributed by atoms with E-state index >= 15 is 0 Å². The lowest BCUT2D eigenvalue weighted by molar-refractivity contribution is 0.322. The lowest BCUT2D eigenvalue weighted by atomic mass is 9.85. The van der Waals surface area contributed by atoms with E-state index in [4.69, 9.17) is 0 Å². The van der Waals surface area contributed by atoms with Gasteiger partial charge in [-0.2, -0.15) is 0 Å². The molecule has 0 saturated heterocycles. The van der Waals surface area contributed by atoms with E-state index < -0.39 is 9.84 Å². The summed E-state index contributed by atoms with van der Waals surface area (Å²) >= 11 is 0. The van der Waals surface area contributed by atoms with E-state index in [9.17, 15) is 8.42 Å². The Kier molecular flexibility index (Phi) is 8.61. The van der Waals surface area contributed by atoms with Crippen LogP contribution in [0.5, 0.6) is 0 Å². The zero-order valence-electron chi connectivity index (χ0n) is 17.0. The number of hydrogen-bond acceptors (Lipinski definition) is 3. The molecule has 152 valence electrons. The average Bonchev–Trinajstić information content (AvgIpc) is 2.64. The van der Waals surface area contributed by atoms with Gasteiger partial charge in [-0.15, -0.1) is 0 Å². The second-order valence-corrected chi connectivity index (χ2v) is 10.1. The summed E-state index contributed by atoms with van der Waals surface area (Å²) in [5, 5.41) is 6.82. The van der Waals surface area contributed by atoms with Crippen LogP contribution >= 0.6 is 0 Å². The quantitative estimate of drug-likeness (QED) is 0.522. The van der Waals surface area contributed by atoms with Crippen LogP contribution in [0.4, 0.5) is 0 Å². The molecule has 27 heavy (non-hydrogen) atoms. The molecule has 0 aliphatic heterocycles. The molecule has 2 N–H and O–H groups in total. The minimum Gasteiger partial charge on any atom is -0.354 e. The smallest absolute Gasteiger partial charge is 0.191 e. The van der Waals surface area contributed by atoms with Gasteiger partial charge in [-0.25, -0.2) is 8.42 Å². The summed E-state index contributed by atoms with van der Waals surface area (Å²) < 4.78 is 22.7. The third-order valence-corrected chi connectivity index (χ3v) is 6.11. The fourth-order valence-corrected chi connectivity index (χ4v) is 4.50. The summed E-state index contributed by atoms with van der Waals surface area (Å²) in [5.74, 6) is 1.80. The van der Waals surface area contributed by atoms with Crippen LogP contribution in [-0.2, 0) is 22.1 Å². The maximum absolute atomic E-state index is 11.4. The van der Waals surface area contributed by atoms with E-state index in [1.165, 1.54) is 51.2 Å². The lowest BCUT2D eigenvalue weighted by Crippen LogP contribution is -2.42. The van der Waals surface area contributed by atoms with Gasteiger partial charge < -0.3 is 10.6 Å². The number of sulfone groups is 1. The Labute approximate surface area is 165 Å². The van der Waals surface area contributed by atoms with E-state index in [1.54, 1.807) is 7.05 Å². The molecule has 1 aliphatic rings. The zero-order chi connectivity index (χ0) is 19.7. The molecule has 0 heterocycles. The summed E-state index contributed by atoms with van der Waals surface area (Å²) in [4.78, 5) is 4.32. The topological polar surface area (TPSA) is 70.6 Å². The van der Waals surface area contributed by atoms with Gasteiger partial charge in [0.15, 0.2) is 15.8 Å². The SMILES string of the molecule is CN=C(NCc1ccc(CS(C)(=O)=O)cc1)NC(C)CCC1CCCCC1. The van der Waals surface area contributed by atoms with Crippen molar-refractivity contribution in [3.63, 3.8) is 0 Å². The summed E-state index contributed by atoms with van der Waals surface area (Å²) in [5.41, 5.74) is 1.92. The Hall–Kier alpha value is -1.56. The van der Waals surface area contributed by atoms with E-state index in [0.29, 0.717) is 12.6 Å². The van der Waals surface area contributed by atoms with E-state index in [1.807, 2.05) is 24.3 Å². The molecule has 0 amide bonds. The Balaban J connectivity index is 1.74. The van der Waals surface area contributed by atoms with Gasteiger partial charge in [0, 0.05) is 25.9 Å². The maximum atomic E-state index is 11.4. The standard InChI is InChI=1S/C21H35N3O2S/c1-17(9-10-18-7-5-4-6-8-18)24-21(22-2)23-15-19-11-13-20(14-12-19)16-27(3,25)26/h11-14,17-18H,4-10,15-16H2,1-3H3,(H2,22,23,24). The minimum atomic E-state index is -2.99. The third kappa shape index (κ3) is 8.78. The van der Waals surface area contributed by atoms with Gasteiger partial charge in [0.1, 0.15) is 0 Å². The van der Waals surface area contributed by atoms with Gasteiger partial charge in [0.05, 0.1) is 5.75 Å². The first-order valence-electron chi connectivity index (χ1n) is 10.1. The highest BCUT2D eigenvalue weighted by molar-refractivity contribution is 7.89. The third-order valence-electron chi connectivity index (χ3n) is 5.25. The predicted octanol–water partition coefficient (Wildman–Crippen LogP) is 3.65. The van der Waals surface area contributed by atoms with Crippen LogP contribution in [0.15, 0.2) is 29.3 Å². The fourth-order valence-electron chi connectivity index (χ4n) is 3.70. The van der Waals surface area contributed by atoms with Crippen LogP contribution < -0.4 is 10.6 Å². The molecule has 1 saturated carbocycles. The van der Waals surface area contributed by atoms with Crippen molar-refractivity contribution in [1.82, 2.24) is 10.6 Å². The molecule has 1 aliphatic carbocycles. The van der Waals surface area contributed by atoms with Gasteiger partial charge >= 0.3 is 0 Å². The number of rotatable bonds is 8. The van der Waals surface area contributed by atoms with Crippen molar-refractivity contribution in [1.29, 1.82) is 0 Å².